The third kappa shape index (κ3) is 4.01. The number of rotatable bonds is 4. The molecule has 2 heterocycles. The molecule has 5 nitrogen and oxygen atoms in total. The van der Waals surface area contributed by atoms with E-state index in [0.29, 0.717) is 25.0 Å². The molecule has 0 spiro atoms. The minimum Gasteiger partial charge on any atom is -0.387 e. The van der Waals surface area contributed by atoms with Crippen LogP contribution in [0.4, 0.5) is 5.69 Å². The predicted molar refractivity (Wildman–Crippen MR) is 101 cm³/mol. The van der Waals surface area contributed by atoms with Crippen molar-refractivity contribution in [3.05, 3.63) is 29.3 Å². The van der Waals surface area contributed by atoms with E-state index in [2.05, 4.69) is 18.7 Å². The normalized spacial score (nSPS) is 26.3. The summed E-state index contributed by atoms with van der Waals surface area (Å²) in [5.41, 5.74) is 2.68. The van der Waals surface area contributed by atoms with Gasteiger partial charge in [0.1, 0.15) is 0 Å². The van der Waals surface area contributed by atoms with Gasteiger partial charge >= 0.3 is 0 Å². The van der Waals surface area contributed by atoms with Gasteiger partial charge in [-0.3, -0.25) is 9.21 Å². The summed E-state index contributed by atoms with van der Waals surface area (Å²) in [4.78, 5) is 2.38. The number of sulfonamides is 1. The highest BCUT2D eigenvalue weighted by Crippen LogP contribution is 2.32. The van der Waals surface area contributed by atoms with Crippen molar-refractivity contribution < 1.29 is 13.5 Å². The summed E-state index contributed by atoms with van der Waals surface area (Å²) in [7, 11) is -3.25. The Bertz CT molecular complexity index is 719. The second-order valence-electron chi connectivity index (χ2n) is 7.70. The molecule has 2 aliphatic heterocycles. The second-order valence-corrected chi connectivity index (χ2v) is 9.60. The lowest BCUT2D eigenvalue weighted by molar-refractivity contribution is 0.0512. The van der Waals surface area contributed by atoms with E-state index >= 15 is 0 Å². The first-order chi connectivity index (χ1) is 11.8. The van der Waals surface area contributed by atoms with E-state index in [0.717, 1.165) is 36.2 Å². The van der Waals surface area contributed by atoms with Gasteiger partial charge in [-0.25, -0.2) is 8.42 Å². The SMILES string of the molecule is C[C@@H]1CCCN(C[C@H](O)c2ccc3c(c2)CCCN3S(C)(=O)=O)[C@H]1C. The monoisotopic (exact) mass is 366 g/mol. The van der Waals surface area contributed by atoms with Crippen molar-refractivity contribution in [1.82, 2.24) is 4.90 Å². The lowest BCUT2D eigenvalue weighted by Gasteiger charge is -2.39. The van der Waals surface area contributed by atoms with Crippen LogP contribution in [-0.4, -0.2) is 50.4 Å². The largest absolute Gasteiger partial charge is 0.387 e. The summed E-state index contributed by atoms with van der Waals surface area (Å²) >= 11 is 0. The zero-order valence-electron chi connectivity index (χ0n) is 15.5. The molecule has 140 valence electrons. The Morgan fingerprint density at radius 2 is 2.00 bits per heavy atom. The van der Waals surface area contributed by atoms with E-state index in [1.807, 2.05) is 18.2 Å². The number of fused-ring (bicyclic) bond motifs is 1. The smallest absolute Gasteiger partial charge is 0.232 e. The van der Waals surface area contributed by atoms with Gasteiger partial charge in [-0.15, -0.1) is 0 Å². The molecule has 0 aliphatic carbocycles. The number of likely N-dealkylation sites (tertiary alicyclic amines) is 1. The highest BCUT2D eigenvalue weighted by molar-refractivity contribution is 7.92. The third-order valence-electron chi connectivity index (χ3n) is 5.88. The molecule has 3 atom stereocenters. The van der Waals surface area contributed by atoms with Crippen molar-refractivity contribution in [3.8, 4) is 0 Å². The summed E-state index contributed by atoms with van der Waals surface area (Å²) in [6.45, 7) is 6.74. The zero-order chi connectivity index (χ0) is 18.2. The molecule has 0 amide bonds. The van der Waals surface area contributed by atoms with Gasteiger partial charge in [-0.1, -0.05) is 19.1 Å². The van der Waals surface area contributed by atoms with Crippen LogP contribution in [0.5, 0.6) is 0 Å². The number of benzene rings is 1. The van der Waals surface area contributed by atoms with Crippen LogP contribution < -0.4 is 4.31 Å². The lowest BCUT2D eigenvalue weighted by Crippen LogP contribution is -2.44. The molecule has 1 N–H and O–H groups in total. The number of hydrogen-bond acceptors (Lipinski definition) is 4. The van der Waals surface area contributed by atoms with Gasteiger partial charge in [-0.2, -0.15) is 0 Å². The minimum atomic E-state index is -3.25. The van der Waals surface area contributed by atoms with E-state index in [-0.39, 0.29) is 0 Å². The Morgan fingerprint density at radius 1 is 1.24 bits per heavy atom. The van der Waals surface area contributed by atoms with E-state index in [1.54, 1.807) is 0 Å². The van der Waals surface area contributed by atoms with Crippen molar-refractivity contribution in [2.75, 3.05) is 30.2 Å². The summed E-state index contributed by atoms with van der Waals surface area (Å²) in [6, 6.07) is 6.22. The fourth-order valence-corrected chi connectivity index (χ4v) is 5.14. The van der Waals surface area contributed by atoms with E-state index in [1.165, 1.54) is 23.4 Å². The Hall–Kier alpha value is -1.11. The third-order valence-corrected chi connectivity index (χ3v) is 7.06. The fourth-order valence-electron chi connectivity index (χ4n) is 4.14. The average molecular weight is 367 g/mol. The first-order valence-electron chi connectivity index (χ1n) is 9.30. The maximum Gasteiger partial charge on any atom is 0.232 e. The first kappa shape index (κ1) is 18.7. The highest BCUT2D eigenvalue weighted by Gasteiger charge is 2.28. The maximum absolute atomic E-state index is 12.0. The number of aryl methyl sites for hydroxylation is 1. The minimum absolute atomic E-state index is 0.488. The average Bonchev–Trinajstić information content (AvgIpc) is 2.57. The molecule has 0 bridgehead atoms. The Morgan fingerprint density at radius 3 is 2.72 bits per heavy atom. The van der Waals surface area contributed by atoms with Crippen molar-refractivity contribution in [1.29, 1.82) is 0 Å². The van der Waals surface area contributed by atoms with Crippen LogP contribution in [0.25, 0.3) is 0 Å². The van der Waals surface area contributed by atoms with Crippen LogP contribution in [0.2, 0.25) is 0 Å². The number of aliphatic hydroxyl groups excluding tert-OH is 1. The lowest BCUT2D eigenvalue weighted by atomic mass is 9.91. The van der Waals surface area contributed by atoms with Gasteiger partial charge in [0.25, 0.3) is 0 Å². The van der Waals surface area contributed by atoms with Gasteiger partial charge in [0.2, 0.25) is 10.0 Å². The van der Waals surface area contributed by atoms with E-state index < -0.39 is 16.1 Å². The predicted octanol–water partition coefficient (Wildman–Crippen LogP) is 2.55. The van der Waals surface area contributed by atoms with Crippen LogP contribution in [0.15, 0.2) is 18.2 Å². The van der Waals surface area contributed by atoms with Crippen molar-refractivity contribution in [2.45, 2.75) is 51.7 Å². The quantitative estimate of drug-likeness (QED) is 0.890. The molecule has 2 aliphatic rings. The zero-order valence-corrected chi connectivity index (χ0v) is 16.3. The number of hydrogen-bond donors (Lipinski definition) is 1. The van der Waals surface area contributed by atoms with Gasteiger partial charge in [-0.05, 0) is 62.3 Å². The summed E-state index contributed by atoms with van der Waals surface area (Å²) in [5.74, 6) is 0.660. The molecule has 1 saturated heterocycles. The standard InChI is InChI=1S/C19H30N2O3S/c1-14-6-4-10-20(15(14)2)13-19(22)17-8-9-18-16(12-17)7-5-11-21(18)25(3,23)24/h8-9,12,14-15,19,22H,4-7,10-11,13H2,1-3H3/t14-,15+,19+/m1/s1. The molecule has 1 aromatic carbocycles. The second kappa shape index (κ2) is 7.25. The molecule has 0 radical (unpaired) electrons. The summed E-state index contributed by atoms with van der Waals surface area (Å²) in [5, 5.41) is 10.7. The summed E-state index contributed by atoms with van der Waals surface area (Å²) in [6.07, 6.45) is 4.84. The number of β-amino-alcohol motifs (C(OH)–C–C–N with tert-alkyl or cyclic N) is 1. The Labute approximate surface area is 151 Å². The number of piperidine rings is 1. The molecule has 3 rings (SSSR count). The van der Waals surface area contributed by atoms with Gasteiger partial charge in [0, 0.05) is 19.1 Å². The Balaban J connectivity index is 1.77. The van der Waals surface area contributed by atoms with Crippen LogP contribution in [-0.2, 0) is 16.4 Å². The van der Waals surface area contributed by atoms with Gasteiger partial charge < -0.3 is 5.11 Å². The first-order valence-corrected chi connectivity index (χ1v) is 11.1. The number of nitrogens with zero attached hydrogens (tertiary/aromatic N) is 2. The highest BCUT2D eigenvalue weighted by atomic mass is 32.2. The van der Waals surface area contributed by atoms with Crippen LogP contribution in [0, 0.1) is 5.92 Å². The van der Waals surface area contributed by atoms with Crippen molar-refractivity contribution in [3.63, 3.8) is 0 Å². The molecule has 0 aromatic heterocycles. The summed E-state index contributed by atoms with van der Waals surface area (Å²) < 4.78 is 25.4. The van der Waals surface area contributed by atoms with Crippen molar-refractivity contribution in [2.24, 2.45) is 5.92 Å². The van der Waals surface area contributed by atoms with E-state index in [9.17, 15) is 13.5 Å². The molecular weight excluding hydrogens is 336 g/mol. The molecule has 1 fully saturated rings. The Kier molecular flexibility index (Phi) is 5.42. The molecule has 6 heteroatoms. The molecular formula is C19H30N2O3S. The van der Waals surface area contributed by atoms with Gasteiger partial charge in [0.15, 0.2) is 0 Å². The van der Waals surface area contributed by atoms with Crippen LogP contribution in [0.1, 0.15) is 50.3 Å². The molecule has 0 saturated carbocycles. The molecule has 0 unspecified atom stereocenters. The number of aliphatic hydroxyl groups is 1. The topological polar surface area (TPSA) is 60.9 Å². The van der Waals surface area contributed by atoms with Crippen LogP contribution >= 0.6 is 0 Å². The fraction of sp³-hybridized carbons (Fsp3) is 0.684. The van der Waals surface area contributed by atoms with Crippen LogP contribution in [0.3, 0.4) is 0 Å². The van der Waals surface area contributed by atoms with Gasteiger partial charge in [0.05, 0.1) is 18.0 Å². The van der Waals surface area contributed by atoms with Crippen molar-refractivity contribution >= 4 is 15.7 Å². The van der Waals surface area contributed by atoms with E-state index in [4.69, 9.17) is 0 Å². The molecule has 25 heavy (non-hydrogen) atoms. The molecule has 1 aromatic rings. The maximum atomic E-state index is 12.0. The number of anilines is 1.